The Hall–Kier alpha value is -1.81. The Morgan fingerprint density at radius 3 is 2.55 bits per heavy atom. The molecule has 0 bridgehead atoms. The van der Waals surface area contributed by atoms with Crippen molar-refractivity contribution in [1.82, 2.24) is 0 Å². The van der Waals surface area contributed by atoms with Crippen molar-refractivity contribution >= 4 is 28.3 Å². The maximum Gasteiger partial charge on any atom is 0.336 e. The largest absolute Gasteiger partial charge is 0.490 e. The van der Waals surface area contributed by atoms with E-state index in [-0.39, 0.29) is 11.4 Å². The zero-order valence-corrected chi connectivity index (χ0v) is 11.6. The molecule has 5 heteroatoms. The van der Waals surface area contributed by atoms with Gasteiger partial charge in [0.25, 0.3) is 0 Å². The summed E-state index contributed by atoms with van der Waals surface area (Å²) in [6.45, 7) is 0. The normalized spacial score (nSPS) is 14.7. The third-order valence-corrected chi connectivity index (χ3v) is 3.20. The molecule has 0 radical (unpaired) electrons. The first-order chi connectivity index (χ1) is 9.72. The molecule has 0 unspecified atom stereocenters. The molecule has 2 aromatic rings. The second-order valence-electron chi connectivity index (χ2n) is 4.57. The summed E-state index contributed by atoms with van der Waals surface area (Å²) in [5, 5.41) is 0.920. The van der Waals surface area contributed by atoms with Crippen LogP contribution in [0.3, 0.4) is 0 Å². The van der Waals surface area contributed by atoms with Crippen LogP contribution < -0.4 is 10.4 Å². The Morgan fingerprint density at radius 1 is 1.20 bits per heavy atom. The molecule has 0 spiro atoms. The fourth-order valence-electron chi connectivity index (χ4n) is 2.31. The predicted octanol–water partition coefficient (Wildman–Crippen LogP) is 3.53. The lowest BCUT2D eigenvalue weighted by molar-refractivity contribution is 0.210. The molecule has 0 saturated heterocycles. The fourth-order valence-corrected chi connectivity index (χ4v) is 2.31. The highest BCUT2D eigenvalue weighted by molar-refractivity contribution is 6.54. The molecule has 1 aromatic heterocycles. The third kappa shape index (κ3) is 3.84. The van der Waals surface area contributed by atoms with Gasteiger partial charge in [-0.3, -0.25) is 4.79 Å². The molecule has 1 saturated carbocycles. The molecule has 0 amide bonds. The van der Waals surface area contributed by atoms with Gasteiger partial charge < -0.3 is 9.15 Å². The topological polar surface area (TPSA) is 56.5 Å². The highest BCUT2D eigenvalue weighted by atomic mass is 35.5. The zero-order chi connectivity index (χ0) is 14.4. The first-order valence-electron chi connectivity index (χ1n) is 6.47. The number of rotatable bonds is 2. The van der Waals surface area contributed by atoms with Crippen molar-refractivity contribution in [2.45, 2.75) is 31.8 Å². The monoisotopic (exact) mass is 294 g/mol. The van der Waals surface area contributed by atoms with Gasteiger partial charge in [0.15, 0.2) is 0 Å². The van der Waals surface area contributed by atoms with Gasteiger partial charge in [-0.15, -0.1) is 0 Å². The van der Waals surface area contributed by atoms with Crippen molar-refractivity contribution in [3.8, 4) is 5.75 Å². The maximum atomic E-state index is 11.1. The second-order valence-corrected chi connectivity index (χ2v) is 4.75. The Labute approximate surface area is 121 Å². The van der Waals surface area contributed by atoms with Crippen LogP contribution >= 0.6 is 11.6 Å². The first kappa shape index (κ1) is 14.6. The van der Waals surface area contributed by atoms with Crippen molar-refractivity contribution in [3.63, 3.8) is 0 Å². The van der Waals surface area contributed by atoms with E-state index in [1.807, 2.05) is 12.1 Å². The summed E-state index contributed by atoms with van der Waals surface area (Å²) in [5.41, 5.74) is 0.267. The average Bonchev–Trinajstić information content (AvgIpc) is 2.92. The standard InChI is InChI=1S/C14H14O3.CHClO/c15-14-8-6-10-5-7-12(9-13(10)17-14)16-11-3-1-2-4-11;2-1-3/h5-9,11H,1-4H2;1H. The minimum atomic E-state index is -0.324. The number of halogens is 1. The van der Waals surface area contributed by atoms with Gasteiger partial charge in [0, 0.05) is 17.5 Å². The molecule has 4 nitrogen and oxygen atoms in total. The number of carbonyl (C=O) groups excluding carboxylic acids is 1. The quantitative estimate of drug-likeness (QED) is 0.483. The summed E-state index contributed by atoms with van der Waals surface area (Å²) < 4.78 is 11.0. The van der Waals surface area contributed by atoms with Crippen molar-refractivity contribution in [2.75, 3.05) is 0 Å². The highest BCUT2D eigenvalue weighted by Crippen LogP contribution is 2.26. The predicted molar refractivity (Wildman–Crippen MR) is 78.0 cm³/mol. The number of hydrogen-bond acceptors (Lipinski definition) is 4. The van der Waals surface area contributed by atoms with Crippen molar-refractivity contribution in [3.05, 3.63) is 40.8 Å². The summed E-state index contributed by atoms with van der Waals surface area (Å²) in [5.74, 6) is 1.01. The van der Waals surface area contributed by atoms with Crippen molar-refractivity contribution in [2.24, 2.45) is 0 Å². The van der Waals surface area contributed by atoms with Crippen LogP contribution in [0.5, 0.6) is 5.75 Å². The van der Waals surface area contributed by atoms with Crippen LogP contribution in [0, 0.1) is 0 Å². The van der Waals surface area contributed by atoms with Gasteiger partial charge in [0.2, 0.25) is 5.75 Å². The van der Waals surface area contributed by atoms with Gasteiger partial charge in [0.1, 0.15) is 11.3 Å². The first-order valence-corrected chi connectivity index (χ1v) is 6.91. The van der Waals surface area contributed by atoms with Crippen LogP contribution in [0.1, 0.15) is 25.7 Å². The number of fused-ring (bicyclic) bond motifs is 1. The zero-order valence-electron chi connectivity index (χ0n) is 10.9. The minimum absolute atomic E-state index is 0.222. The Morgan fingerprint density at radius 2 is 1.85 bits per heavy atom. The fraction of sp³-hybridized carbons (Fsp3) is 0.333. The van der Waals surface area contributed by atoms with E-state index in [0.29, 0.717) is 11.7 Å². The highest BCUT2D eigenvalue weighted by Gasteiger charge is 2.16. The number of benzene rings is 1. The van der Waals surface area contributed by atoms with E-state index in [1.54, 1.807) is 12.1 Å². The summed E-state index contributed by atoms with van der Waals surface area (Å²) in [6.07, 6.45) is 5.05. The van der Waals surface area contributed by atoms with E-state index >= 15 is 0 Å². The molecular formula is C15H15ClO4. The van der Waals surface area contributed by atoms with Crippen molar-refractivity contribution in [1.29, 1.82) is 0 Å². The average molecular weight is 295 g/mol. The molecule has 1 fully saturated rings. The number of ether oxygens (including phenoxy) is 1. The summed E-state index contributed by atoms with van der Waals surface area (Å²) in [6, 6.07) is 8.85. The van der Waals surface area contributed by atoms with Crippen LogP contribution in [-0.4, -0.2) is 11.8 Å². The van der Waals surface area contributed by atoms with E-state index in [1.165, 1.54) is 18.9 Å². The molecule has 0 atom stereocenters. The lowest BCUT2D eigenvalue weighted by Gasteiger charge is -2.12. The number of carbonyl (C=O) groups is 1. The SMILES string of the molecule is O=CCl.O=c1ccc2ccc(OC3CCCC3)cc2o1. The van der Waals surface area contributed by atoms with Crippen LogP contribution in [0.2, 0.25) is 0 Å². The van der Waals surface area contributed by atoms with Crippen LogP contribution in [-0.2, 0) is 4.79 Å². The minimum Gasteiger partial charge on any atom is -0.490 e. The van der Waals surface area contributed by atoms with Gasteiger partial charge in [0.05, 0.1) is 6.10 Å². The van der Waals surface area contributed by atoms with E-state index < -0.39 is 0 Å². The van der Waals surface area contributed by atoms with Gasteiger partial charge in [-0.25, -0.2) is 4.79 Å². The molecule has 1 aromatic carbocycles. The summed E-state index contributed by atoms with van der Waals surface area (Å²) in [4.78, 5) is 19.7. The van der Waals surface area contributed by atoms with E-state index in [9.17, 15) is 4.79 Å². The Bertz CT molecular complexity index is 629. The molecule has 20 heavy (non-hydrogen) atoms. The second kappa shape index (κ2) is 7.10. The molecule has 106 valence electrons. The lowest BCUT2D eigenvalue weighted by Crippen LogP contribution is -2.10. The van der Waals surface area contributed by atoms with Crippen LogP contribution in [0.15, 0.2) is 39.5 Å². The molecule has 3 rings (SSSR count). The number of hydrogen-bond donors (Lipinski definition) is 0. The van der Waals surface area contributed by atoms with Crippen LogP contribution in [0.25, 0.3) is 11.0 Å². The summed E-state index contributed by atoms with van der Waals surface area (Å²) >= 11 is 4.32. The molecule has 0 N–H and O–H groups in total. The molecule has 1 heterocycles. The van der Waals surface area contributed by atoms with E-state index in [0.717, 1.165) is 24.0 Å². The Kier molecular flexibility index (Phi) is 5.18. The van der Waals surface area contributed by atoms with E-state index in [4.69, 9.17) is 13.9 Å². The molecule has 1 aliphatic carbocycles. The third-order valence-electron chi connectivity index (χ3n) is 3.20. The van der Waals surface area contributed by atoms with Gasteiger partial charge >= 0.3 is 5.63 Å². The van der Waals surface area contributed by atoms with E-state index in [2.05, 4.69) is 11.6 Å². The van der Waals surface area contributed by atoms with Gasteiger partial charge in [-0.2, -0.15) is 0 Å². The molecule has 0 aliphatic heterocycles. The Balaban J connectivity index is 0.000000452. The smallest absolute Gasteiger partial charge is 0.336 e. The van der Waals surface area contributed by atoms with Gasteiger partial charge in [-0.05, 0) is 55.5 Å². The molecule has 1 aliphatic rings. The maximum absolute atomic E-state index is 11.1. The van der Waals surface area contributed by atoms with Crippen LogP contribution in [0.4, 0.5) is 0 Å². The summed E-state index contributed by atoms with van der Waals surface area (Å²) in [7, 11) is 0. The molecular weight excluding hydrogens is 280 g/mol. The van der Waals surface area contributed by atoms with Gasteiger partial charge in [-0.1, -0.05) is 0 Å². The van der Waals surface area contributed by atoms with Crippen molar-refractivity contribution < 1.29 is 13.9 Å². The lowest BCUT2D eigenvalue weighted by atomic mass is 10.2.